The lowest BCUT2D eigenvalue weighted by Crippen LogP contribution is -2.48. The third-order valence-corrected chi connectivity index (χ3v) is 3.39. The van der Waals surface area contributed by atoms with Crippen molar-refractivity contribution in [3.05, 3.63) is 24.3 Å². The average Bonchev–Trinajstić information content (AvgIpc) is 3.12. The number of hydrazine groups is 1. The highest BCUT2D eigenvalue weighted by molar-refractivity contribution is 5.88. The molecule has 0 saturated carbocycles. The number of amides is 2. The Kier molecular flexibility index (Phi) is 3.67. The van der Waals surface area contributed by atoms with E-state index in [1.165, 1.54) is 14.7 Å². The number of hydrogen-bond donors (Lipinski definition) is 0. The molecule has 1 aromatic heterocycles. The highest BCUT2D eigenvalue weighted by Crippen LogP contribution is 2.19. The van der Waals surface area contributed by atoms with E-state index < -0.39 is 17.7 Å². The Morgan fingerprint density at radius 2 is 1.83 bits per heavy atom. The molecule has 2 heterocycles. The first-order valence-corrected chi connectivity index (χ1v) is 7.49. The number of rotatable bonds is 0. The van der Waals surface area contributed by atoms with Gasteiger partial charge in [-0.1, -0.05) is 17.3 Å². The number of hydrogen-bond acceptors (Lipinski definition) is 5. The highest BCUT2D eigenvalue weighted by atomic mass is 16.6. The van der Waals surface area contributed by atoms with Gasteiger partial charge >= 0.3 is 12.1 Å². The van der Waals surface area contributed by atoms with E-state index in [1.807, 2.05) is 12.1 Å². The van der Waals surface area contributed by atoms with Gasteiger partial charge in [0.1, 0.15) is 11.1 Å². The fourth-order valence-corrected chi connectivity index (χ4v) is 2.43. The van der Waals surface area contributed by atoms with E-state index in [9.17, 15) is 9.59 Å². The molecule has 8 nitrogen and oxygen atoms in total. The maximum atomic E-state index is 12.7. The normalized spacial score (nSPS) is 15.3. The van der Waals surface area contributed by atoms with Crippen molar-refractivity contribution in [1.29, 1.82) is 0 Å². The molecule has 23 heavy (non-hydrogen) atoms. The van der Waals surface area contributed by atoms with E-state index in [0.717, 1.165) is 0 Å². The van der Waals surface area contributed by atoms with Crippen LogP contribution in [-0.4, -0.2) is 55.8 Å². The van der Waals surface area contributed by atoms with Crippen LogP contribution < -0.4 is 0 Å². The number of nitrogens with zero attached hydrogens (tertiary/aromatic N) is 5. The van der Waals surface area contributed by atoms with Crippen molar-refractivity contribution >= 4 is 23.2 Å². The summed E-state index contributed by atoms with van der Waals surface area (Å²) in [7, 11) is 0. The number of aromatic nitrogens is 3. The second kappa shape index (κ2) is 5.53. The van der Waals surface area contributed by atoms with Gasteiger partial charge in [-0.25, -0.2) is 19.6 Å². The minimum absolute atomic E-state index is 0.415. The fraction of sp³-hybridized carbons (Fsp3) is 0.467. The van der Waals surface area contributed by atoms with Gasteiger partial charge < -0.3 is 4.74 Å². The molecule has 2 amide bonds. The quantitative estimate of drug-likeness (QED) is 0.744. The van der Waals surface area contributed by atoms with Crippen LogP contribution in [0.25, 0.3) is 11.0 Å². The number of ether oxygens (including phenoxy) is 1. The summed E-state index contributed by atoms with van der Waals surface area (Å²) in [6.45, 7) is 6.24. The molecule has 3 rings (SSSR count). The first-order chi connectivity index (χ1) is 10.9. The van der Waals surface area contributed by atoms with Gasteiger partial charge in [0.05, 0.1) is 5.52 Å². The Morgan fingerprint density at radius 3 is 2.57 bits per heavy atom. The van der Waals surface area contributed by atoms with Gasteiger partial charge in [0.15, 0.2) is 0 Å². The Morgan fingerprint density at radius 1 is 1.13 bits per heavy atom. The van der Waals surface area contributed by atoms with Crippen LogP contribution in [0.5, 0.6) is 0 Å². The van der Waals surface area contributed by atoms with Crippen molar-refractivity contribution in [2.24, 2.45) is 0 Å². The van der Waals surface area contributed by atoms with Crippen LogP contribution in [0.2, 0.25) is 0 Å². The molecule has 0 atom stereocenters. The van der Waals surface area contributed by atoms with Crippen molar-refractivity contribution in [2.75, 3.05) is 13.1 Å². The number of para-hydroxylation sites is 1. The van der Waals surface area contributed by atoms with Crippen molar-refractivity contribution in [2.45, 2.75) is 32.8 Å². The average molecular weight is 317 g/mol. The van der Waals surface area contributed by atoms with E-state index in [4.69, 9.17) is 4.74 Å². The first kappa shape index (κ1) is 15.3. The topological polar surface area (TPSA) is 80.6 Å². The van der Waals surface area contributed by atoms with Crippen molar-refractivity contribution in [3.63, 3.8) is 0 Å². The molecule has 0 N–H and O–H groups in total. The molecule has 1 saturated heterocycles. The molecule has 0 radical (unpaired) electrons. The van der Waals surface area contributed by atoms with Crippen molar-refractivity contribution in [1.82, 2.24) is 25.0 Å². The second-order valence-electron chi connectivity index (χ2n) is 6.35. The van der Waals surface area contributed by atoms with Gasteiger partial charge in [-0.2, -0.15) is 4.68 Å². The van der Waals surface area contributed by atoms with Crippen LogP contribution in [0.4, 0.5) is 9.59 Å². The largest absolute Gasteiger partial charge is 0.442 e. The zero-order chi connectivity index (χ0) is 16.6. The molecular formula is C15H19N5O3. The predicted octanol–water partition coefficient (Wildman–Crippen LogP) is 2.26. The molecule has 0 bridgehead atoms. The van der Waals surface area contributed by atoms with E-state index in [0.29, 0.717) is 30.5 Å². The third-order valence-electron chi connectivity index (χ3n) is 3.39. The Labute approximate surface area is 133 Å². The van der Waals surface area contributed by atoms with Gasteiger partial charge in [-0.3, -0.25) is 0 Å². The Balaban J connectivity index is 1.85. The van der Waals surface area contributed by atoms with Crippen LogP contribution >= 0.6 is 0 Å². The lowest BCUT2D eigenvalue weighted by molar-refractivity contribution is -0.0113. The molecule has 1 aromatic carbocycles. The summed E-state index contributed by atoms with van der Waals surface area (Å²) in [5.74, 6) is 0. The summed E-state index contributed by atoms with van der Waals surface area (Å²) in [6, 6.07) is 6.77. The molecule has 0 unspecified atom stereocenters. The van der Waals surface area contributed by atoms with E-state index in [-0.39, 0.29) is 0 Å². The van der Waals surface area contributed by atoms with Crippen LogP contribution in [0.1, 0.15) is 27.2 Å². The fourth-order valence-electron chi connectivity index (χ4n) is 2.43. The van der Waals surface area contributed by atoms with E-state index >= 15 is 0 Å². The van der Waals surface area contributed by atoms with Crippen LogP contribution in [0.3, 0.4) is 0 Å². The summed E-state index contributed by atoms with van der Waals surface area (Å²) < 4.78 is 6.56. The Hall–Kier alpha value is -2.64. The van der Waals surface area contributed by atoms with Crippen LogP contribution in [-0.2, 0) is 4.74 Å². The maximum absolute atomic E-state index is 12.7. The predicted molar refractivity (Wildman–Crippen MR) is 82.6 cm³/mol. The van der Waals surface area contributed by atoms with Crippen molar-refractivity contribution in [3.8, 4) is 0 Å². The minimum atomic E-state index is -0.617. The SMILES string of the molecule is CC(C)(C)OC(=O)N1CCCN1C(=O)n1nnc2ccccc21. The molecule has 1 fully saturated rings. The summed E-state index contributed by atoms with van der Waals surface area (Å²) in [5.41, 5.74) is 0.617. The molecule has 0 spiro atoms. The molecule has 8 heteroatoms. The highest BCUT2D eigenvalue weighted by Gasteiger charge is 2.35. The van der Waals surface area contributed by atoms with Crippen molar-refractivity contribution < 1.29 is 14.3 Å². The maximum Gasteiger partial charge on any atom is 0.429 e. The first-order valence-electron chi connectivity index (χ1n) is 7.49. The van der Waals surface area contributed by atoms with Crippen LogP contribution in [0, 0.1) is 0 Å². The van der Waals surface area contributed by atoms with E-state index in [2.05, 4.69) is 10.3 Å². The summed E-state index contributed by atoms with van der Waals surface area (Å²) in [6.07, 6.45) is 0.158. The van der Waals surface area contributed by atoms with Gasteiger partial charge in [0, 0.05) is 13.1 Å². The lowest BCUT2D eigenvalue weighted by atomic mass is 10.2. The zero-order valence-electron chi connectivity index (χ0n) is 13.4. The molecule has 0 aliphatic carbocycles. The minimum Gasteiger partial charge on any atom is -0.442 e. The van der Waals surface area contributed by atoms with E-state index in [1.54, 1.807) is 32.9 Å². The standard InChI is InChI=1S/C15H19N5O3/c1-15(2,3)23-14(22)19-10-6-9-18(19)13(21)20-12-8-5-4-7-11(12)16-17-20/h4-5,7-8H,6,9-10H2,1-3H3. The number of fused-ring (bicyclic) bond motifs is 1. The summed E-state index contributed by atoms with van der Waals surface area (Å²) in [5, 5.41) is 10.6. The number of carbonyl (C=O) groups is 2. The lowest BCUT2D eigenvalue weighted by Gasteiger charge is -2.29. The summed E-state index contributed by atoms with van der Waals surface area (Å²) in [4.78, 5) is 25.0. The van der Waals surface area contributed by atoms with Gasteiger partial charge in [0.25, 0.3) is 0 Å². The molecular weight excluding hydrogens is 298 g/mol. The zero-order valence-corrected chi connectivity index (χ0v) is 13.4. The van der Waals surface area contributed by atoms with Crippen LogP contribution in [0.15, 0.2) is 24.3 Å². The molecule has 2 aromatic rings. The second-order valence-corrected chi connectivity index (χ2v) is 6.35. The monoisotopic (exact) mass is 317 g/mol. The molecule has 1 aliphatic rings. The number of carbonyl (C=O) groups excluding carboxylic acids is 2. The number of benzene rings is 1. The third kappa shape index (κ3) is 2.96. The smallest absolute Gasteiger partial charge is 0.429 e. The van der Waals surface area contributed by atoms with Gasteiger partial charge in [0.2, 0.25) is 0 Å². The van der Waals surface area contributed by atoms with Gasteiger partial charge in [-0.05, 0) is 39.3 Å². The Bertz CT molecular complexity index is 749. The molecule has 1 aliphatic heterocycles. The summed E-state index contributed by atoms with van der Waals surface area (Å²) >= 11 is 0. The van der Waals surface area contributed by atoms with Gasteiger partial charge in [-0.15, -0.1) is 5.10 Å². The molecule has 122 valence electrons.